The molecule has 2 fully saturated rings. The fourth-order valence-corrected chi connectivity index (χ4v) is 3.22. The number of methoxy groups -OCH3 is 1. The molecule has 0 aliphatic carbocycles. The Labute approximate surface area is 121 Å². The summed E-state index contributed by atoms with van der Waals surface area (Å²) in [5, 5.41) is 3.50. The molecule has 3 rings (SSSR count). The topological polar surface area (TPSA) is 30.5 Å². The van der Waals surface area contributed by atoms with E-state index in [1.807, 2.05) is 0 Å². The minimum atomic E-state index is -4.38. The van der Waals surface area contributed by atoms with Crippen molar-refractivity contribution in [2.24, 2.45) is 0 Å². The lowest BCUT2D eigenvalue weighted by molar-refractivity contribution is -0.137. The van der Waals surface area contributed by atoms with Crippen LogP contribution in [0.1, 0.15) is 31.2 Å². The molecule has 1 aromatic rings. The molecule has 1 aromatic carbocycles. The Kier molecular flexibility index (Phi) is 3.73. The van der Waals surface area contributed by atoms with Crippen LogP contribution in [0.2, 0.25) is 0 Å². The molecule has 0 saturated carbocycles. The lowest BCUT2D eigenvalue weighted by Gasteiger charge is -2.30. The van der Waals surface area contributed by atoms with Crippen LogP contribution in [0, 0.1) is 0 Å². The van der Waals surface area contributed by atoms with Crippen LogP contribution in [0.4, 0.5) is 13.2 Å². The lowest BCUT2D eigenvalue weighted by Crippen LogP contribution is -2.42. The van der Waals surface area contributed by atoms with Gasteiger partial charge in [0.05, 0.1) is 12.7 Å². The predicted molar refractivity (Wildman–Crippen MR) is 71.6 cm³/mol. The quantitative estimate of drug-likeness (QED) is 0.928. The second-order valence-electron chi connectivity index (χ2n) is 5.71. The summed E-state index contributed by atoms with van der Waals surface area (Å²) in [7, 11) is 1.36. The third-order valence-electron chi connectivity index (χ3n) is 4.21. The molecular weight excluding hydrogens is 283 g/mol. The number of benzene rings is 1. The molecule has 3 nitrogen and oxygen atoms in total. The zero-order valence-electron chi connectivity index (χ0n) is 11.7. The summed E-state index contributed by atoms with van der Waals surface area (Å²) >= 11 is 0. The van der Waals surface area contributed by atoms with Crippen LogP contribution < -0.4 is 14.8 Å². The molecule has 3 atom stereocenters. The van der Waals surface area contributed by atoms with Crippen LogP contribution in [-0.2, 0) is 6.18 Å². The first kappa shape index (κ1) is 14.5. The van der Waals surface area contributed by atoms with Crippen molar-refractivity contribution in [1.82, 2.24) is 5.32 Å². The van der Waals surface area contributed by atoms with E-state index in [1.165, 1.54) is 13.2 Å². The van der Waals surface area contributed by atoms with Crippen LogP contribution >= 0.6 is 0 Å². The minimum Gasteiger partial charge on any atom is -0.493 e. The van der Waals surface area contributed by atoms with Crippen molar-refractivity contribution in [3.8, 4) is 11.5 Å². The fraction of sp³-hybridized carbons (Fsp3) is 0.600. The van der Waals surface area contributed by atoms with Gasteiger partial charge in [0.2, 0.25) is 0 Å². The highest BCUT2D eigenvalue weighted by atomic mass is 19.4. The highest BCUT2D eigenvalue weighted by Gasteiger charge is 2.35. The highest BCUT2D eigenvalue weighted by molar-refractivity contribution is 5.44. The van der Waals surface area contributed by atoms with E-state index in [9.17, 15) is 13.2 Å². The molecule has 21 heavy (non-hydrogen) atoms. The summed E-state index contributed by atoms with van der Waals surface area (Å²) in [4.78, 5) is 0. The number of halogens is 3. The van der Waals surface area contributed by atoms with Crippen molar-refractivity contribution >= 4 is 0 Å². The molecule has 2 saturated heterocycles. The van der Waals surface area contributed by atoms with Crippen LogP contribution in [0.5, 0.6) is 11.5 Å². The maximum Gasteiger partial charge on any atom is 0.416 e. The van der Waals surface area contributed by atoms with Gasteiger partial charge in [0.25, 0.3) is 0 Å². The Hall–Kier alpha value is -1.43. The summed E-state index contributed by atoms with van der Waals surface area (Å²) < 4.78 is 49.0. The molecule has 1 N–H and O–H groups in total. The molecular formula is C15H18F3NO2. The van der Waals surface area contributed by atoms with E-state index >= 15 is 0 Å². The van der Waals surface area contributed by atoms with E-state index in [4.69, 9.17) is 9.47 Å². The van der Waals surface area contributed by atoms with Gasteiger partial charge in [0, 0.05) is 12.1 Å². The van der Waals surface area contributed by atoms with Crippen LogP contribution in [0.3, 0.4) is 0 Å². The van der Waals surface area contributed by atoms with E-state index in [2.05, 4.69) is 5.32 Å². The highest BCUT2D eigenvalue weighted by Crippen LogP contribution is 2.38. The third-order valence-corrected chi connectivity index (χ3v) is 4.21. The Morgan fingerprint density at radius 2 is 1.76 bits per heavy atom. The van der Waals surface area contributed by atoms with Gasteiger partial charge >= 0.3 is 6.18 Å². The third kappa shape index (κ3) is 3.10. The number of piperidine rings is 1. The van der Waals surface area contributed by atoms with Gasteiger partial charge in [0.15, 0.2) is 11.5 Å². The summed E-state index contributed by atoms with van der Waals surface area (Å²) in [5.74, 6) is 0.521. The number of alkyl halides is 3. The first-order valence-corrected chi connectivity index (χ1v) is 7.13. The minimum absolute atomic E-state index is 0.0365. The van der Waals surface area contributed by atoms with Gasteiger partial charge in [-0.3, -0.25) is 0 Å². The van der Waals surface area contributed by atoms with E-state index in [-0.39, 0.29) is 11.9 Å². The van der Waals surface area contributed by atoms with Crippen LogP contribution in [0.15, 0.2) is 18.2 Å². The molecule has 2 heterocycles. The van der Waals surface area contributed by atoms with E-state index in [0.29, 0.717) is 17.8 Å². The first-order chi connectivity index (χ1) is 9.95. The summed E-state index contributed by atoms with van der Waals surface area (Å²) in [6.07, 6.45) is -0.265. The van der Waals surface area contributed by atoms with Crippen molar-refractivity contribution in [2.75, 3.05) is 7.11 Å². The van der Waals surface area contributed by atoms with Crippen molar-refractivity contribution < 1.29 is 22.6 Å². The SMILES string of the molecule is COc1cc(C(F)(F)F)ccc1OC1C[C@H]2CC[C@@H](C1)N2. The number of nitrogens with one attached hydrogen (secondary N) is 1. The summed E-state index contributed by atoms with van der Waals surface area (Å²) in [6, 6.07) is 4.31. The average Bonchev–Trinajstić information content (AvgIpc) is 2.77. The molecule has 116 valence electrons. The zero-order valence-corrected chi connectivity index (χ0v) is 11.7. The van der Waals surface area contributed by atoms with Crippen LogP contribution in [-0.4, -0.2) is 25.3 Å². The standard InChI is InChI=1S/C15H18F3NO2/c1-20-14-6-9(15(16,17)18)2-5-13(14)21-12-7-10-3-4-11(8-12)19-10/h2,5-6,10-12,19H,3-4,7-8H2,1H3/t10-,11+,12?. The van der Waals surface area contributed by atoms with Gasteiger partial charge < -0.3 is 14.8 Å². The lowest BCUT2D eigenvalue weighted by atomic mass is 10.0. The molecule has 0 radical (unpaired) electrons. The number of fused-ring (bicyclic) bond motifs is 2. The van der Waals surface area contributed by atoms with Gasteiger partial charge in [-0.2, -0.15) is 13.2 Å². The van der Waals surface area contributed by atoms with Gasteiger partial charge in [-0.25, -0.2) is 0 Å². The smallest absolute Gasteiger partial charge is 0.416 e. The molecule has 0 amide bonds. The van der Waals surface area contributed by atoms with Crippen molar-refractivity contribution in [1.29, 1.82) is 0 Å². The molecule has 0 aromatic heterocycles. The molecule has 2 bridgehead atoms. The van der Waals surface area contributed by atoms with E-state index < -0.39 is 11.7 Å². The maximum absolute atomic E-state index is 12.7. The maximum atomic E-state index is 12.7. The zero-order chi connectivity index (χ0) is 15.0. The monoisotopic (exact) mass is 301 g/mol. The van der Waals surface area contributed by atoms with Gasteiger partial charge in [-0.05, 0) is 43.9 Å². The number of hydrogen-bond donors (Lipinski definition) is 1. The van der Waals surface area contributed by atoms with Gasteiger partial charge in [-0.1, -0.05) is 0 Å². The molecule has 1 unspecified atom stereocenters. The predicted octanol–water partition coefficient (Wildman–Crippen LogP) is 3.38. The van der Waals surface area contributed by atoms with Crippen molar-refractivity contribution in [3.63, 3.8) is 0 Å². The summed E-state index contributed by atoms with van der Waals surface area (Å²) in [6.45, 7) is 0. The second kappa shape index (κ2) is 5.40. The number of hydrogen-bond acceptors (Lipinski definition) is 3. The van der Waals surface area contributed by atoms with E-state index in [0.717, 1.165) is 37.8 Å². The Morgan fingerprint density at radius 1 is 1.10 bits per heavy atom. The Balaban J connectivity index is 1.76. The van der Waals surface area contributed by atoms with Crippen molar-refractivity contribution in [2.45, 2.75) is 50.0 Å². The Morgan fingerprint density at radius 3 is 2.33 bits per heavy atom. The summed E-state index contributed by atoms with van der Waals surface area (Å²) in [5.41, 5.74) is -0.725. The van der Waals surface area contributed by atoms with Gasteiger partial charge in [0.1, 0.15) is 6.10 Å². The number of rotatable bonds is 3. The molecule has 2 aliphatic rings. The van der Waals surface area contributed by atoms with E-state index in [1.54, 1.807) is 0 Å². The molecule has 6 heteroatoms. The Bertz CT molecular complexity index is 506. The molecule has 2 aliphatic heterocycles. The largest absolute Gasteiger partial charge is 0.493 e. The average molecular weight is 301 g/mol. The normalized spacial score (nSPS) is 28.5. The number of ether oxygens (including phenoxy) is 2. The second-order valence-corrected chi connectivity index (χ2v) is 5.71. The van der Waals surface area contributed by atoms with Gasteiger partial charge in [-0.15, -0.1) is 0 Å². The molecule has 0 spiro atoms. The van der Waals surface area contributed by atoms with Crippen molar-refractivity contribution in [3.05, 3.63) is 23.8 Å². The fourth-order valence-electron chi connectivity index (χ4n) is 3.22. The van der Waals surface area contributed by atoms with Crippen LogP contribution in [0.25, 0.3) is 0 Å². The first-order valence-electron chi connectivity index (χ1n) is 7.13.